The zero-order chi connectivity index (χ0) is 19.3. The van der Waals surface area contributed by atoms with Crippen LogP contribution in [0.2, 0.25) is 0 Å². The van der Waals surface area contributed by atoms with Crippen molar-refractivity contribution in [3.8, 4) is 11.1 Å². The third-order valence-electron chi connectivity index (χ3n) is 5.50. The summed E-state index contributed by atoms with van der Waals surface area (Å²) in [7, 11) is 0. The molecule has 0 aliphatic carbocycles. The van der Waals surface area contributed by atoms with Gasteiger partial charge in [-0.15, -0.1) is 0 Å². The number of benzene rings is 1. The van der Waals surface area contributed by atoms with Gasteiger partial charge in [0.15, 0.2) is 0 Å². The van der Waals surface area contributed by atoms with Crippen LogP contribution in [0.4, 0.5) is 5.69 Å². The summed E-state index contributed by atoms with van der Waals surface area (Å²) in [6.07, 6.45) is 10.4. The van der Waals surface area contributed by atoms with E-state index >= 15 is 0 Å². The molecular weight excluding hydrogens is 350 g/mol. The highest BCUT2D eigenvalue weighted by molar-refractivity contribution is 5.96. The van der Waals surface area contributed by atoms with Gasteiger partial charge in [-0.1, -0.05) is 12.1 Å². The third-order valence-corrected chi connectivity index (χ3v) is 5.50. The first-order chi connectivity index (χ1) is 13.7. The van der Waals surface area contributed by atoms with Gasteiger partial charge in [-0.3, -0.25) is 14.5 Å². The highest BCUT2D eigenvalue weighted by Gasteiger charge is 2.23. The van der Waals surface area contributed by atoms with Gasteiger partial charge in [0.2, 0.25) is 0 Å². The fraction of sp³-hybridized carbons (Fsp3) is 0.318. The van der Waals surface area contributed by atoms with Crippen molar-refractivity contribution in [1.29, 1.82) is 0 Å². The molecule has 0 atom stereocenters. The van der Waals surface area contributed by atoms with E-state index in [1.165, 1.54) is 0 Å². The lowest BCUT2D eigenvalue weighted by atomic mass is 9.93. The van der Waals surface area contributed by atoms with Gasteiger partial charge < -0.3 is 10.6 Å². The molecule has 1 aromatic carbocycles. The fourth-order valence-electron chi connectivity index (χ4n) is 3.82. The quantitative estimate of drug-likeness (QED) is 0.741. The van der Waals surface area contributed by atoms with Gasteiger partial charge in [0.05, 0.1) is 0 Å². The van der Waals surface area contributed by atoms with E-state index in [-0.39, 0.29) is 5.91 Å². The SMILES string of the molecule is Nc1ccncc1-c1cccc(C(=O)N2CCC(CCn3cccn3)CC2)c1. The molecule has 6 heteroatoms. The van der Waals surface area contributed by atoms with Crippen LogP contribution in [0.25, 0.3) is 11.1 Å². The molecule has 4 rings (SSSR count). The Kier molecular flexibility index (Phi) is 5.37. The number of nitrogen functional groups attached to an aromatic ring is 1. The van der Waals surface area contributed by atoms with Crippen molar-refractivity contribution in [3.05, 3.63) is 66.7 Å². The molecule has 144 valence electrons. The molecule has 6 nitrogen and oxygen atoms in total. The van der Waals surface area contributed by atoms with E-state index in [0.717, 1.165) is 50.0 Å². The minimum Gasteiger partial charge on any atom is -0.398 e. The third kappa shape index (κ3) is 4.06. The first-order valence-corrected chi connectivity index (χ1v) is 9.77. The van der Waals surface area contributed by atoms with Gasteiger partial charge in [0, 0.05) is 61.2 Å². The summed E-state index contributed by atoms with van der Waals surface area (Å²) in [5.41, 5.74) is 9.21. The van der Waals surface area contributed by atoms with Crippen molar-refractivity contribution in [1.82, 2.24) is 19.7 Å². The number of hydrogen-bond donors (Lipinski definition) is 1. The van der Waals surface area contributed by atoms with Crippen LogP contribution < -0.4 is 5.73 Å². The molecule has 0 bridgehead atoms. The molecule has 1 aliphatic heterocycles. The summed E-state index contributed by atoms with van der Waals surface area (Å²) in [6.45, 7) is 2.56. The second-order valence-corrected chi connectivity index (χ2v) is 7.34. The molecule has 3 heterocycles. The zero-order valence-corrected chi connectivity index (χ0v) is 15.9. The summed E-state index contributed by atoms with van der Waals surface area (Å²) < 4.78 is 1.98. The van der Waals surface area contributed by atoms with Gasteiger partial charge in [-0.05, 0) is 55.0 Å². The van der Waals surface area contributed by atoms with E-state index in [4.69, 9.17) is 5.73 Å². The van der Waals surface area contributed by atoms with Crippen LogP contribution in [-0.2, 0) is 6.54 Å². The standard InChI is InChI=1S/C22H25N5O/c23-21-5-10-24-16-20(21)18-3-1-4-19(15-18)22(28)26-12-6-17(7-13-26)8-14-27-11-2-9-25-27/h1-5,9-11,15-17H,6-8,12-14H2,(H2,23,24). The normalized spacial score (nSPS) is 14.9. The Hall–Kier alpha value is -3.15. The Balaban J connectivity index is 1.38. The van der Waals surface area contributed by atoms with Gasteiger partial charge in [0.25, 0.3) is 5.91 Å². The Morgan fingerprint density at radius 3 is 2.75 bits per heavy atom. The first-order valence-electron chi connectivity index (χ1n) is 9.77. The number of carbonyl (C=O) groups is 1. The van der Waals surface area contributed by atoms with Gasteiger partial charge >= 0.3 is 0 Å². The summed E-state index contributed by atoms with van der Waals surface area (Å²) in [5.74, 6) is 0.740. The predicted molar refractivity (Wildman–Crippen MR) is 110 cm³/mol. The molecule has 28 heavy (non-hydrogen) atoms. The van der Waals surface area contributed by atoms with Gasteiger partial charge in [0.1, 0.15) is 0 Å². The average molecular weight is 375 g/mol. The van der Waals surface area contributed by atoms with Gasteiger partial charge in [-0.2, -0.15) is 5.10 Å². The molecule has 1 aliphatic rings. The molecule has 0 spiro atoms. The van der Waals surface area contributed by atoms with Crippen molar-refractivity contribution < 1.29 is 4.79 Å². The van der Waals surface area contributed by atoms with Crippen molar-refractivity contribution in [2.45, 2.75) is 25.8 Å². The number of nitrogens with two attached hydrogens (primary N) is 1. The molecule has 0 radical (unpaired) electrons. The minimum absolute atomic E-state index is 0.0924. The Morgan fingerprint density at radius 2 is 2.00 bits per heavy atom. The lowest BCUT2D eigenvalue weighted by Gasteiger charge is -2.32. The van der Waals surface area contributed by atoms with Crippen LogP contribution in [0.5, 0.6) is 0 Å². The molecule has 2 aromatic heterocycles. The largest absolute Gasteiger partial charge is 0.398 e. The van der Waals surface area contributed by atoms with Crippen molar-refractivity contribution in [3.63, 3.8) is 0 Å². The lowest BCUT2D eigenvalue weighted by molar-refractivity contribution is 0.0684. The van der Waals surface area contributed by atoms with Crippen LogP contribution >= 0.6 is 0 Å². The number of rotatable bonds is 5. The van der Waals surface area contributed by atoms with E-state index in [9.17, 15) is 4.79 Å². The smallest absolute Gasteiger partial charge is 0.253 e. The number of piperidine rings is 1. The van der Waals surface area contributed by atoms with E-state index in [2.05, 4.69) is 10.1 Å². The van der Waals surface area contributed by atoms with Crippen LogP contribution in [0, 0.1) is 5.92 Å². The summed E-state index contributed by atoms with van der Waals surface area (Å²) in [4.78, 5) is 19.1. The predicted octanol–water partition coefficient (Wildman–Crippen LogP) is 3.47. The van der Waals surface area contributed by atoms with E-state index in [1.54, 1.807) is 18.5 Å². The monoisotopic (exact) mass is 375 g/mol. The van der Waals surface area contributed by atoms with Crippen LogP contribution in [0.15, 0.2) is 61.2 Å². The molecule has 1 saturated heterocycles. The molecule has 0 unspecified atom stereocenters. The van der Waals surface area contributed by atoms with Gasteiger partial charge in [-0.25, -0.2) is 0 Å². The topological polar surface area (TPSA) is 77.0 Å². The molecule has 0 saturated carbocycles. The maximum absolute atomic E-state index is 13.0. The number of aromatic nitrogens is 3. The Bertz CT molecular complexity index is 930. The zero-order valence-electron chi connectivity index (χ0n) is 15.9. The van der Waals surface area contributed by atoms with Crippen LogP contribution in [0.1, 0.15) is 29.6 Å². The average Bonchev–Trinajstić information content (AvgIpc) is 3.26. The summed E-state index contributed by atoms with van der Waals surface area (Å²) >= 11 is 0. The number of carbonyl (C=O) groups excluding carboxylic acids is 1. The van der Waals surface area contributed by atoms with E-state index in [0.29, 0.717) is 17.2 Å². The molecule has 2 N–H and O–H groups in total. The second kappa shape index (κ2) is 8.25. The molecule has 3 aromatic rings. The number of hydrogen-bond acceptors (Lipinski definition) is 4. The van der Waals surface area contributed by atoms with E-state index < -0.39 is 0 Å². The summed E-state index contributed by atoms with van der Waals surface area (Å²) in [6, 6.07) is 11.4. The highest BCUT2D eigenvalue weighted by atomic mass is 16.2. The molecular formula is C22H25N5O. The number of anilines is 1. The van der Waals surface area contributed by atoms with E-state index in [1.807, 2.05) is 52.3 Å². The van der Waals surface area contributed by atoms with Crippen LogP contribution in [0.3, 0.4) is 0 Å². The minimum atomic E-state index is 0.0924. The first kappa shape index (κ1) is 18.2. The fourth-order valence-corrected chi connectivity index (χ4v) is 3.82. The maximum atomic E-state index is 13.0. The second-order valence-electron chi connectivity index (χ2n) is 7.34. The van der Waals surface area contributed by atoms with Crippen LogP contribution in [-0.4, -0.2) is 38.7 Å². The number of nitrogens with zero attached hydrogens (tertiary/aromatic N) is 4. The molecule has 1 fully saturated rings. The number of aryl methyl sites for hydroxylation is 1. The number of amides is 1. The molecule has 1 amide bonds. The van der Waals surface area contributed by atoms with Crippen molar-refractivity contribution in [2.75, 3.05) is 18.8 Å². The number of likely N-dealkylation sites (tertiary alicyclic amines) is 1. The Morgan fingerprint density at radius 1 is 1.14 bits per heavy atom. The number of pyridine rings is 1. The highest BCUT2D eigenvalue weighted by Crippen LogP contribution is 2.27. The van der Waals surface area contributed by atoms with Crippen molar-refractivity contribution >= 4 is 11.6 Å². The summed E-state index contributed by atoms with van der Waals surface area (Å²) in [5, 5.41) is 4.26. The van der Waals surface area contributed by atoms with Crippen molar-refractivity contribution in [2.24, 2.45) is 5.92 Å². The maximum Gasteiger partial charge on any atom is 0.253 e. The Labute approximate surface area is 165 Å². The lowest BCUT2D eigenvalue weighted by Crippen LogP contribution is -2.38.